The highest BCUT2D eigenvalue weighted by Gasteiger charge is 2.29. The minimum absolute atomic E-state index is 0.0867. The number of rotatable bonds is 9. The van der Waals surface area contributed by atoms with Gasteiger partial charge in [0.15, 0.2) is 5.84 Å². The fraction of sp³-hybridized carbons (Fsp3) is 0.278. The van der Waals surface area contributed by atoms with Crippen LogP contribution in [-0.4, -0.2) is 38.7 Å². The number of hydrogen-bond acceptors (Lipinski definition) is 6. The highest BCUT2D eigenvalue weighted by Crippen LogP contribution is 2.30. The van der Waals surface area contributed by atoms with Gasteiger partial charge in [0.25, 0.3) is 0 Å². The van der Waals surface area contributed by atoms with Crippen molar-refractivity contribution in [3.8, 4) is 0 Å². The molecule has 0 amide bonds. The summed E-state index contributed by atoms with van der Waals surface area (Å²) in [6.07, 6.45) is -2.94. The van der Waals surface area contributed by atoms with E-state index in [0.29, 0.717) is 23.4 Å². The molecule has 0 saturated heterocycles. The molecule has 0 saturated carbocycles. The molecule has 0 aromatic heterocycles. The Balaban J connectivity index is 2.07. The smallest absolute Gasteiger partial charge is 0.382 e. The second kappa shape index (κ2) is 9.78. The lowest BCUT2D eigenvalue weighted by Gasteiger charge is -2.16. The number of nitrogens with zero attached hydrogens (tertiary/aromatic N) is 2. The van der Waals surface area contributed by atoms with Crippen molar-refractivity contribution in [1.82, 2.24) is 9.84 Å². The highest BCUT2D eigenvalue weighted by atomic mass is 32.2. The van der Waals surface area contributed by atoms with Crippen LogP contribution in [0.15, 0.2) is 53.6 Å². The Morgan fingerprint density at radius 3 is 2.37 bits per heavy atom. The van der Waals surface area contributed by atoms with Gasteiger partial charge in [-0.1, -0.05) is 12.1 Å². The zero-order chi connectivity index (χ0) is 22.4. The molecule has 2 aromatic carbocycles. The Morgan fingerprint density at radius 2 is 1.77 bits per heavy atom. The van der Waals surface area contributed by atoms with E-state index < -0.39 is 21.8 Å². The third-order valence-corrected chi connectivity index (χ3v) is 4.59. The quantitative estimate of drug-likeness (QED) is 0.154. The van der Waals surface area contributed by atoms with Crippen molar-refractivity contribution >= 4 is 27.2 Å². The van der Waals surface area contributed by atoms with Crippen molar-refractivity contribution in [1.29, 1.82) is 0 Å². The molecule has 0 aliphatic heterocycles. The molecule has 2 aromatic rings. The molecular weight excluding hydrogens is 421 g/mol. The summed E-state index contributed by atoms with van der Waals surface area (Å²) >= 11 is 0. The van der Waals surface area contributed by atoms with E-state index in [1.165, 1.54) is 12.1 Å². The fourth-order valence-corrected chi connectivity index (χ4v) is 2.97. The lowest BCUT2D eigenvalue weighted by atomic mass is 10.1. The third kappa shape index (κ3) is 7.54. The monoisotopic (exact) mass is 444 g/mol. The number of para-hydroxylation sites is 1. The van der Waals surface area contributed by atoms with Gasteiger partial charge in [-0.2, -0.15) is 13.2 Å². The van der Waals surface area contributed by atoms with Crippen molar-refractivity contribution in [3.05, 3.63) is 59.7 Å². The van der Waals surface area contributed by atoms with Gasteiger partial charge in [-0.3, -0.25) is 0 Å². The normalized spacial score (nSPS) is 12.6. The minimum atomic E-state index is -4.41. The molecular formula is C18H23F3N6O2S. The van der Waals surface area contributed by atoms with E-state index in [2.05, 4.69) is 15.1 Å². The molecule has 0 bridgehead atoms. The number of nitrogens with one attached hydrogen (secondary N) is 2. The SMILES string of the molecule is CS(=O)(=O)NCCCN(N)/N=C(\N)c1ccccc1Nc1ccc(C(F)(F)F)cc1. The molecule has 0 aliphatic carbocycles. The van der Waals surface area contributed by atoms with Gasteiger partial charge in [0, 0.05) is 23.5 Å². The van der Waals surface area contributed by atoms with Crippen molar-refractivity contribution in [2.45, 2.75) is 12.6 Å². The van der Waals surface area contributed by atoms with Crippen molar-refractivity contribution in [3.63, 3.8) is 0 Å². The maximum absolute atomic E-state index is 12.7. The number of alkyl halides is 3. The summed E-state index contributed by atoms with van der Waals surface area (Å²) < 4.78 is 62.5. The fourth-order valence-electron chi connectivity index (χ4n) is 2.45. The van der Waals surface area contributed by atoms with Gasteiger partial charge in [-0.05, 0) is 42.8 Å². The van der Waals surface area contributed by atoms with Gasteiger partial charge < -0.3 is 11.1 Å². The first-order chi connectivity index (χ1) is 14.0. The largest absolute Gasteiger partial charge is 0.416 e. The summed E-state index contributed by atoms with van der Waals surface area (Å²) in [7, 11) is -3.27. The molecule has 12 heteroatoms. The maximum atomic E-state index is 12.7. The number of halogens is 3. The van der Waals surface area contributed by atoms with Crippen LogP contribution in [0.25, 0.3) is 0 Å². The Morgan fingerprint density at radius 1 is 1.13 bits per heavy atom. The van der Waals surface area contributed by atoms with Crippen LogP contribution in [0.5, 0.6) is 0 Å². The average Bonchev–Trinajstić information content (AvgIpc) is 2.64. The van der Waals surface area contributed by atoms with Crippen LogP contribution < -0.4 is 21.6 Å². The number of hydrogen-bond donors (Lipinski definition) is 4. The number of amidine groups is 1. The van der Waals surface area contributed by atoms with Gasteiger partial charge >= 0.3 is 6.18 Å². The second-order valence-electron chi connectivity index (χ2n) is 6.41. The van der Waals surface area contributed by atoms with Crippen LogP contribution >= 0.6 is 0 Å². The van der Waals surface area contributed by atoms with Crippen LogP contribution in [0.1, 0.15) is 17.5 Å². The van der Waals surface area contributed by atoms with Crippen molar-refractivity contribution in [2.75, 3.05) is 24.7 Å². The Bertz CT molecular complexity index is 978. The lowest BCUT2D eigenvalue weighted by molar-refractivity contribution is -0.137. The molecule has 0 spiro atoms. The minimum Gasteiger partial charge on any atom is -0.382 e. The number of hydrazine groups is 1. The molecule has 6 N–H and O–H groups in total. The molecule has 0 fully saturated rings. The number of anilines is 2. The molecule has 30 heavy (non-hydrogen) atoms. The third-order valence-electron chi connectivity index (χ3n) is 3.86. The van der Waals surface area contributed by atoms with E-state index in [0.717, 1.165) is 23.5 Å². The van der Waals surface area contributed by atoms with Gasteiger partial charge in [-0.25, -0.2) is 24.1 Å². The van der Waals surface area contributed by atoms with Gasteiger partial charge in [-0.15, -0.1) is 5.10 Å². The number of hydrazone groups is 1. The van der Waals surface area contributed by atoms with Crippen molar-refractivity contribution < 1.29 is 21.6 Å². The molecule has 0 atom stereocenters. The van der Waals surface area contributed by atoms with Crippen LogP contribution in [0, 0.1) is 0 Å². The van der Waals surface area contributed by atoms with Crippen LogP contribution in [0.2, 0.25) is 0 Å². The van der Waals surface area contributed by atoms with Crippen LogP contribution in [0.3, 0.4) is 0 Å². The standard InChI is InChI=1S/C18H23F3N6O2S/c1-30(28,29)24-11-4-12-27(23)26-17(22)15-5-2-3-6-16(15)25-14-9-7-13(8-10-14)18(19,20)21/h2-3,5-10,24-25H,4,11-12,23H2,1H3,(H2,22,26). The van der Waals surface area contributed by atoms with E-state index in [9.17, 15) is 21.6 Å². The number of nitrogens with two attached hydrogens (primary N) is 2. The van der Waals surface area contributed by atoms with E-state index in [4.69, 9.17) is 11.6 Å². The Hall–Kier alpha value is -2.83. The summed E-state index contributed by atoms with van der Waals surface area (Å²) in [5.41, 5.74) is 6.77. The zero-order valence-electron chi connectivity index (χ0n) is 16.1. The number of benzene rings is 2. The van der Waals surface area contributed by atoms with Gasteiger partial charge in [0.1, 0.15) is 0 Å². The van der Waals surface area contributed by atoms with E-state index in [1.807, 2.05) is 0 Å². The molecule has 0 radical (unpaired) electrons. The zero-order valence-corrected chi connectivity index (χ0v) is 17.0. The molecule has 0 aliphatic rings. The summed E-state index contributed by atoms with van der Waals surface area (Å²) in [4.78, 5) is 0. The first-order valence-electron chi connectivity index (χ1n) is 8.80. The molecule has 0 heterocycles. The lowest BCUT2D eigenvalue weighted by Crippen LogP contribution is -2.33. The Kier molecular flexibility index (Phi) is 7.65. The second-order valence-corrected chi connectivity index (χ2v) is 8.25. The van der Waals surface area contributed by atoms with E-state index in [1.54, 1.807) is 24.3 Å². The van der Waals surface area contributed by atoms with E-state index >= 15 is 0 Å². The maximum Gasteiger partial charge on any atom is 0.416 e. The summed E-state index contributed by atoms with van der Waals surface area (Å²) in [5.74, 6) is 5.87. The van der Waals surface area contributed by atoms with Gasteiger partial charge in [0.2, 0.25) is 10.0 Å². The number of sulfonamides is 1. The molecule has 2 rings (SSSR count). The van der Waals surface area contributed by atoms with Crippen LogP contribution in [-0.2, 0) is 16.2 Å². The summed E-state index contributed by atoms with van der Waals surface area (Å²) in [6, 6.07) is 11.4. The topological polar surface area (TPSA) is 126 Å². The summed E-state index contributed by atoms with van der Waals surface area (Å²) in [5, 5.41) is 8.17. The Labute approximate surface area is 172 Å². The van der Waals surface area contributed by atoms with Crippen LogP contribution in [0.4, 0.5) is 24.5 Å². The first-order valence-corrected chi connectivity index (χ1v) is 10.7. The molecule has 164 valence electrons. The average molecular weight is 444 g/mol. The van der Waals surface area contributed by atoms with E-state index in [-0.39, 0.29) is 18.9 Å². The predicted octanol–water partition coefficient (Wildman–Crippen LogP) is 2.18. The molecule has 8 nitrogen and oxygen atoms in total. The highest BCUT2D eigenvalue weighted by molar-refractivity contribution is 7.88. The van der Waals surface area contributed by atoms with Gasteiger partial charge in [0.05, 0.1) is 18.4 Å². The molecule has 0 unspecified atom stereocenters. The van der Waals surface area contributed by atoms with Crippen molar-refractivity contribution in [2.24, 2.45) is 16.7 Å². The predicted molar refractivity (Wildman–Crippen MR) is 110 cm³/mol. The first kappa shape index (κ1) is 23.4. The summed E-state index contributed by atoms with van der Waals surface area (Å²) in [6.45, 7) is 0.450.